The molecule has 0 amide bonds. The SMILES string of the molecule is COc1ccc(C2c3c(-c4ccc(F)cc4)n[nH]c(=O)c3Nc3nnnn32)c(OC)c1. The first-order valence-corrected chi connectivity index (χ1v) is 9.26. The molecule has 156 valence electrons. The van der Waals surface area contributed by atoms with Gasteiger partial charge in [-0.1, -0.05) is 5.10 Å². The van der Waals surface area contributed by atoms with E-state index in [-0.39, 0.29) is 17.5 Å². The number of halogens is 1. The third kappa shape index (κ3) is 2.98. The molecule has 11 heteroatoms. The summed E-state index contributed by atoms with van der Waals surface area (Å²) in [5, 5.41) is 21.6. The van der Waals surface area contributed by atoms with Gasteiger partial charge in [-0.05, 0) is 46.8 Å². The molecule has 5 rings (SSSR count). The smallest absolute Gasteiger partial charge is 0.288 e. The van der Waals surface area contributed by atoms with Gasteiger partial charge in [0, 0.05) is 22.8 Å². The number of ether oxygens (including phenoxy) is 2. The van der Waals surface area contributed by atoms with Crippen LogP contribution in [0.4, 0.5) is 16.0 Å². The van der Waals surface area contributed by atoms with Crippen molar-refractivity contribution in [3.8, 4) is 22.8 Å². The van der Waals surface area contributed by atoms with E-state index in [2.05, 4.69) is 31.0 Å². The largest absolute Gasteiger partial charge is 0.497 e. The molecule has 0 saturated carbocycles. The van der Waals surface area contributed by atoms with Crippen molar-refractivity contribution in [1.82, 2.24) is 30.4 Å². The Bertz CT molecular complexity index is 1330. The topological polar surface area (TPSA) is 120 Å². The molecule has 0 fully saturated rings. The fraction of sp³-hybridized carbons (Fsp3) is 0.150. The molecule has 0 spiro atoms. The molecule has 2 N–H and O–H groups in total. The number of tetrazole rings is 1. The Kier molecular flexibility index (Phi) is 4.35. The highest BCUT2D eigenvalue weighted by atomic mass is 19.1. The predicted molar refractivity (Wildman–Crippen MR) is 108 cm³/mol. The Morgan fingerprint density at radius 3 is 2.65 bits per heavy atom. The Morgan fingerprint density at radius 2 is 1.90 bits per heavy atom. The maximum Gasteiger partial charge on any atom is 0.288 e. The number of hydrogen-bond acceptors (Lipinski definition) is 8. The number of nitrogens with zero attached hydrogens (tertiary/aromatic N) is 5. The van der Waals surface area contributed by atoms with Gasteiger partial charge < -0.3 is 14.8 Å². The minimum absolute atomic E-state index is 0.250. The summed E-state index contributed by atoms with van der Waals surface area (Å²) in [7, 11) is 3.10. The van der Waals surface area contributed by atoms with Crippen molar-refractivity contribution in [2.24, 2.45) is 0 Å². The van der Waals surface area contributed by atoms with Crippen molar-refractivity contribution in [3.63, 3.8) is 0 Å². The van der Waals surface area contributed by atoms with Gasteiger partial charge in [-0.3, -0.25) is 4.79 Å². The van der Waals surface area contributed by atoms with E-state index in [1.807, 2.05) is 6.07 Å². The third-order valence-electron chi connectivity index (χ3n) is 5.12. The molecule has 0 bridgehead atoms. The van der Waals surface area contributed by atoms with Crippen molar-refractivity contribution in [2.75, 3.05) is 19.5 Å². The molecule has 1 aliphatic rings. The van der Waals surface area contributed by atoms with Crippen molar-refractivity contribution in [3.05, 3.63) is 69.8 Å². The summed E-state index contributed by atoms with van der Waals surface area (Å²) in [5.41, 5.74) is 2.09. The van der Waals surface area contributed by atoms with Crippen LogP contribution in [0.5, 0.6) is 11.5 Å². The fourth-order valence-corrected chi connectivity index (χ4v) is 3.70. The Labute approximate surface area is 174 Å². The number of benzene rings is 2. The number of fused-ring (bicyclic) bond motifs is 2. The molecule has 0 aliphatic carbocycles. The van der Waals surface area contributed by atoms with Gasteiger partial charge in [0.1, 0.15) is 29.0 Å². The van der Waals surface area contributed by atoms with E-state index in [1.54, 1.807) is 36.1 Å². The standard InChI is InChI=1S/C20H16FN7O3/c1-30-12-7-8-13(14(9-12)31-2)18-15-16(10-3-5-11(21)6-4-10)23-24-19(29)17(15)22-20-25-26-27-28(18)20/h3-9,18H,1-2H3,(H,24,29)(H,22,25,27). The summed E-state index contributed by atoms with van der Waals surface area (Å²) >= 11 is 0. The van der Waals surface area contributed by atoms with Crippen molar-refractivity contribution in [2.45, 2.75) is 6.04 Å². The van der Waals surface area contributed by atoms with Crippen molar-refractivity contribution >= 4 is 11.6 Å². The van der Waals surface area contributed by atoms with E-state index in [0.717, 1.165) is 0 Å². The molecule has 3 heterocycles. The lowest BCUT2D eigenvalue weighted by atomic mass is 9.92. The van der Waals surface area contributed by atoms with Crippen LogP contribution in [-0.4, -0.2) is 44.6 Å². The first kappa shape index (κ1) is 18.7. The van der Waals surface area contributed by atoms with Crippen LogP contribution in [0.3, 0.4) is 0 Å². The summed E-state index contributed by atoms with van der Waals surface area (Å²) in [6.45, 7) is 0. The van der Waals surface area contributed by atoms with Crippen LogP contribution in [0.25, 0.3) is 11.3 Å². The van der Waals surface area contributed by atoms with E-state index in [4.69, 9.17) is 9.47 Å². The van der Waals surface area contributed by atoms with Crippen LogP contribution >= 0.6 is 0 Å². The highest BCUT2D eigenvalue weighted by Gasteiger charge is 2.36. The predicted octanol–water partition coefficient (Wildman–Crippen LogP) is 2.27. The zero-order valence-corrected chi connectivity index (χ0v) is 16.5. The maximum atomic E-state index is 13.5. The van der Waals surface area contributed by atoms with E-state index < -0.39 is 11.6 Å². The summed E-state index contributed by atoms with van der Waals surface area (Å²) < 4.78 is 26.0. The normalized spacial score (nSPS) is 14.4. The zero-order chi connectivity index (χ0) is 21.5. The van der Waals surface area contributed by atoms with Gasteiger partial charge >= 0.3 is 0 Å². The number of rotatable bonds is 4. The van der Waals surface area contributed by atoms with Gasteiger partial charge in [0.25, 0.3) is 5.56 Å². The molecular formula is C20H16FN7O3. The maximum absolute atomic E-state index is 13.5. The third-order valence-corrected chi connectivity index (χ3v) is 5.12. The highest BCUT2D eigenvalue weighted by molar-refractivity contribution is 5.76. The lowest BCUT2D eigenvalue weighted by molar-refractivity contribution is 0.386. The Morgan fingerprint density at radius 1 is 1.10 bits per heavy atom. The number of anilines is 2. The van der Waals surface area contributed by atoms with Gasteiger partial charge in [0.05, 0.1) is 19.9 Å². The summed E-state index contributed by atoms with van der Waals surface area (Å²) in [6, 6.07) is 10.5. The number of hydrogen-bond donors (Lipinski definition) is 2. The van der Waals surface area contributed by atoms with E-state index in [1.165, 1.54) is 19.2 Å². The van der Waals surface area contributed by atoms with Crippen LogP contribution in [0.2, 0.25) is 0 Å². The summed E-state index contributed by atoms with van der Waals surface area (Å²) in [4.78, 5) is 12.7. The average Bonchev–Trinajstić information content (AvgIpc) is 3.27. The van der Waals surface area contributed by atoms with Crippen molar-refractivity contribution in [1.29, 1.82) is 0 Å². The molecule has 1 unspecified atom stereocenters. The number of aromatic nitrogens is 6. The second-order valence-electron chi connectivity index (χ2n) is 6.78. The van der Waals surface area contributed by atoms with Gasteiger partial charge in [-0.25, -0.2) is 9.49 Å². The summed E-state index contributed by atoms with van der Waals surface area (Å²) in [5.74, 6) is 1.03. The van der Waals surface area contributed by atoms with Gasteiger partial charge in [0.2, 0.25) is 5.95 Å². The zero-order valence-electron chi connectivity index (χ0n) is 16.5. The van der Waals surface area contributed by atoms with Crippen LogP contribution < -0.4 is 20.3 Å². The lowest BCUT2D eigenvalue weighted by Crippen LogP contribution is -2.29. The second kappa shape index (κ2) is 7.20. The van der Waals surface area contributed by atoms with Gasteiger partial charge in [0.15, 0.2) is 0 Å². The van der Waals surface area contributed by atoms with Gasteiger partial charge in [-0.15, -0.1) is 0 Å². The number of methoxy groups -OCH3 is 2. The molecule has 2 aromatic heterocycles. The minimum Gasteiger partial charge on any atom is -0.497 e. The molecular weight excluding hydrogens is 405 g/mol. The quantitative estimate of drug-likeness (QED) is 0.454. The van der Waals surface area contributed by atoms with Crippen LogP contribution in [-0.2, 0) is 0 Å². The Balaban J connectivity index is 1.82. The van der Waals surface area contributed by atoms with Crippen LogP contribution in [0, 0.1) is 5.82 Å². The van der Waals surface area contributed by atoms with E-state index >= 15 is 0 Å². The lowest BCUT2D eigenvalue weighted by Gasteiger charge is -2.28. The second-order valence-corrected chi connectivity index (χ2v) is 6.78. The Hall–Kier alpha value is -4.28. The molecule has 1 atom stereocenters. The molecule has 0 saturated heterocycles. The number of nitrogens with one attached hydrogen (secondary N) is 2. The molecule has 4 aromatic rings. The van der Waals surface area contributed by atoms with E-state index in [0.29, 0.717) is 33.9 Å². The van der Waals surface area contributed by atoms with Crippen LogP contribution in [0.1, 0.15) is 17.2 Å². The van der Waals surface area contributed by atoms with Gasteiger partial charge in [-0.2, -0.15) is 9.78 Å². The molecule has 31 heavy (non-hydrogen) atoms. The first-order valence-electron chi connectivity index (χ1n) is 9.26. The monoisotopic (exact) mass is 421 g/mol. The number of H-pyrrole nitrogens is 1. The number of aromatic amines is 1. The van der Waals surface area contributed by atoms with Crippen molar-refractivity contribution < 1.29 is 13.9 Å². The summed E-state index contributed by atoms with van der Waals surface area (Å²) in [6.07, 6.45) is 0. The average molecular weight is 421 g/mol. The fourth-order valence-electron chi connectivity index (χ4n) is 3.70. The molecule has 10 nitrogen and oxygen atoms in total. The minimum atomic E-state index is -0.642. The molecule has 2 aromatic carbocycles. The van der Waals surface area contributed by atoms with Crippen LogP contribution in [0.15, 0.2) is 47.3 Å². The highest BCUT2D eigenvalue weighted by Crippen LogP contribution is 2.44. The first-order chi connectivity index (χ1) is 15.1. The van der Waals surface area contributed by atoms with E-state index in [9.17, 15) is 9.18 Å². The molecule has 1 aliphatic heterocycles. The molecule has 0 radical (unpaired) electrons.